The molecule has 4 heteroatoms. The van der Waals surface area contributed by atoms with Gasteiger partial charge in [0.25, 0.3) is 10.1 Å². The van der Waals surface area contributed by atoms with Crippen LogP contribution in [-0.2, 0) is 27.3 Å². The molecule has 3 nitrogen and oxygen atoms in total. The van der Waals surface area contributed by atoms with E-state index in [4.69, 9.17) is 4.18 Å². The topological polar surface area (TPSA) is 43.4 Å². The van der Waals surface area contributed by atoms with Gasteiger partial charge in [-0.2, -0.15) is 8.42 Å². The lowest BCUT2D eigenvalue weighted by Crippen LogP contribution is -2.12. The van der Waals surface area contributed by atoms with Crippen LogP contribution in [-0.4, -0.2) is 14.2 Å². The minimum Gasteiger partial charge on any atom is -0.265 e. The predicted molar refractivity (Wildman–Crippen MR) is 75.2 cm³/mol. The third-order valence-corrected chi connectivity index (χ3v) is 3.91. The van der Waals surface area contributed by atoms with E-state index in [0.717, 1.165) is 11.1 Å². The van der Waals surface area contributed by atoms with E-state index in [1.165, 1.54) is 0 Å². The zero-order valence-electron chi connectivity index (χ0n) is 10.5. The molecule has 2 aromatic rings. The van der Waals surface area contributed by atoms with Crippen LogP contribution in [0.25, 0.3) is 0 Å². The van der Waals surface area contributed by atoms with E-state index in [2.05, 4.69) is 0 Å². The Kier molecular flexibility index (Phi) is 4.71. The molecule has 2 rings (SSSR count). The lowest BCUT2D eigenvalue weighted by molar-refractivity contribution is 0.308. The van der Waals surface area contributed by atoms with E-state index in [-0.39, 0.29) is 12.4 Å². The molecule has 0 bridgehead atoms. The Balaban J connectivity index is 1.86. The van der Waals surface area contributed by atoms with E-state index in [1.54, 1.807) is 0 Å². The normalized spacial score (nSPS) is 11.4. The van der Waals surface area contributed by atoms with E-state index in [0.29, 0.717) is 6.42 Å². The second-order valence-corrected chi connectivity index (χ2v) is 6.00. The van der Waals surface area contributed by atoms with Crippen LogP contribution in [0, 0.1) is 0 Å². The molecule has 0 aliphatic rings. The minimum absolute atomic E-state index is 0.00382. The maximum atomic E-state index is 11.8. The fraction of sp³-hybridized carbons (Fsp3) is 0.200. The molecule has 0 amide bonds. The molecule has 2 aromatic carbocycles. The van der Waals surface area contributed by atoms with Crippen LogP contribution in [0.2, 0.25) is 0 Å². The van der Waals surface area contributed by atoms with Crippen molar-refractivity contribution in [1.82, 2.24) is 0 Å². The number of hydrogen-bond acceptors (Lipinski definition) is 3. The zero-order chi connectivity index (χ0) is 13.6. The summed E-state index contributed by atoms with van der Waals surface area (Å²) in [6, 6.07) is 18.8. The summed E-state index contributed by atoms with van der Waals surface area (Å²) in [7, 11) is -3.48. The van der Waals surface area contributed by atoms with Gasteiger partial charge < -0.3 is 0 Å². The third-order valence-electron chi connectivity index (χ3n) is 2.73. The fourth-order valence-electron chi connectivity index (χ4n) is 1.68. The summed E-state index contributed by atoms with van der Waals surface area (Å²) in [4.78, 5) is 0. The standard InChI is InChI=1S/C15H16O3S/c16-19(17,12-11-14-7-3-1-4-8-14)18-13-15-9-5-2-6-10-15/h1-10H,11-13H2. The number of benzene rings is 2. The van der Waals surface area contributed by atoms with Crippen LogP contribution in [0.15, 0.2) is 60.7 Å². The molecule has 0 atom stereocenters. The molecular weight excluding hydrogens is 260 g/mol. The first-order chi connectivity index (χ1) is 9.16. The van der Waals surface area contributed by atoms with Gasteiger partial charge in [-0.15, -0.1) is 0 Å². The van der Waals surface area contributed by atoms with Gasteiger partial charge >= 0.3 is 0 Å². The summed E-state index contributed by atoms with van der Waals surface area (Å²) in [5.74, 6) is 0.00382. The average Bonchev–Trinajstić information content (AvgIpc) is 2.46. The SMILES string of the molecule is O=S(=O)(CCc1ccccc1)OCc1ccccc1. The summed E-state index contributed by atoms with van der Waals surface area (Å²) >= 11 is 0. The summed E-state index contributed by atoms with van der Waals surface area (Å²) in [5, 5.41) is 0. The fourth-order valence-corrected chi connectivity index (χ4v) is 2.60. The number of hydrogen-bond donors (Lipinski definition) is 0. The predicted octanol–water partition coefficient (Wildman–Crippen LogP) is 2.78. The zero-order valence-corrected chi connectivity index (χ0v) is 11.3. The van der Waals surface area contributed by atoms with Crippen LogP contribution in [0.5, 0.6) is 0 Å². The molecule has 0 saturated carbocycles. The van der Waals surface area contributed by atoms with Crippen molar-refractivity contribution in [3.63, 3.8) is 0 Å². The first-order valence-electron chi connectivity index (χ1n) is 6.11. The Labute approximate surface area is 114 Å². The molecule has 19 heavy (non-hydrogen) atoms. The van der Waals surface area contributed by atoms with Gasteiger partial charge in [0.2, 0.25) is 0 Å². The van der Waals surface area contributed by atoms with Crippen LogP contribution in [0.1, 0.15) is 11.1 Å². The van der Waals surface area contributed by atoms with Crippen molar-refractivity contribution < 1.29 is 12.6 Å². The molecule has 0 aliphatic carbocycles. The van der Waals surface area contributed by atoms with Crippen molar-refractivity contribution in [3.8, 4) is 0 Å². The molecule has 0 unspecified atom stereocenters. The Morgan fingerprint density at radius 1 is 0.789 bits per heavy atom. The van der Waals surface area contributed by atoms with Crippen molar-refractivity contribution in [3.05, 3.63) is 71.8 Å². The van der Waals surface area contributed by atoms with Crippen molar-refractivity contribution in [1.29, 1.82) is 0 Å². The first kappa shape index (κ1) is 13.8. The molecule has 0 fully saturated rings. The van der Waals surface area contributed by atoms with Crippen molar-refractivity contribution in [2.45, 2.75) is 13.0 Å². The van der Waals surface area contributed by atoms with Crippen LogP contribution < -0.4 is 0 Å². The van der Waals surface area contributed by atoms with Gasteiger partial charge in [0.05, 0.1) is 12.4 Å². The minimum atomic E-state index is -3.48. The van der Waals surface area contributed by atoms with Gasteiger partial charge in [-0.05, 0) is 17.5 Å². The molecular formula is C15H16O3S. The lowest BCUT2D eigenvalue weighted by atomic mass is 10.2. The third kappa shape index (κ3) is 4.85. The summed E-state index contributed by atoms with van der Waals surface area (Å²) < 4.78 is 28.5. The molecule has 0 heterocycles. The Morgan fingerprint density at radius 3 is 1.89 bits per heavy atom. The molecule has 0 spiro atoms. The number of aryl methyl sites for hydroxylation is 1. The van der Waals surface area contributed by atoms with E-state index in [1.807, 2.05) is 60.7 Å². The molecule has 0 N–H and O–H groups in total. The molecule has 0 saturated heterocycles. The lowest BCUT2D eigenvalue weighted by Gasteiger charge is -2.05. The molecule has 100 valence electrons. The van der Waals surface area contributed by atoms with Crippen molar-refractivity contribution >= 4 is 10.1 Å². The second kappa shape index (κ2) is 6.50. The maximum Gasteiger partial charge on any atom is 0.267 e. The smallest absolute Gasteiger partial charge is 0.265 e. The van der Waals surface area contributed by atoms with Crippen molar-refractivity contribution in [2.24, 2.45) is 0 Å². The van der Waals surface area contributed by atoms with Gasteiger partial charge in [-0.3, -0.25) is 4.18 Å². The average molecular weight is 276 g/mol. The highest BCUT2D eigenvalue weighted by molar-refractivity contribution is 7.86. The molecule has 0 aliphatic heterocycles. The highest BCUT2D eigenvalue weighted by Gasteiger charge is 2.11. The Morgan fingerprint density at radius 2 is 1.32 bits per heavy atom. The Bertz CT molecular complexity index is 542. The molecule has 0 radical (unpaired) electrons. The maximum absolute atomic E-state index is 11.8. The van der Waals surface area contributed by atoms with E-state index < -0.39 is 10.1 Å². The van der Waals surface area contributed by atoms with E-state index >= 15 is 0 Å². The monoisotopic (exact) mass is 276 g/mol. The van der Waals surface area contributed by atoms with Crippen LogP contribution in [0.4, 0.5) is 0 Å². The van der Waals surface area contributed by atoms with Crippen LogP contribution >= 0.6 is 0 Å². The van der Waals surface area contributed by atoms with Crippen LogP contribution in [0.3, 0.4) is 0 Å². The van der Waals surface area contributed by atoms with Gasteiger partial charge in [-0.1, -0.05) is 60.7 Å². The van der Waals surface area contributed by atoms with E-state index in [9.17, 15) is 8.42 Å². The van der Waals surface area contributed by atoms with Gasteiger partial charge in [-0.25, -0.2) is 0 Å². The second-order valence-electron chi connectivity index (χ2n) is 4.25. The summed E-state index contributed by atoms with van der Waals surface area (Å²) in [5.41, 5.74) is 1.85. The van der Waals surface area contributed by atoms with Crippen molar-refractivity contribution in [2.75, 3.05) is 5.75 Å². The Hall–Kier alpha value is -1.65. The summed E-state index contributed by atoms with van der Waals surface area (Å²) in [6.45, 7) is 0.0952. The largest absolute Gasteiger partial charge is 0.267 e. The highest BCUT2D eigenvalue weighted by Crippen LogP contribution is 2.07. The first-order valence-corrected chi connectivity index (χ1v) is 7.68. The van der Waals surface area contributed by atoms with Gasteiger partial charge in [0.15, 0.2) is 0 Å². The van der Waals surface area contributed by atoms with Gasteiger partial charge in [0, 0.05) is 0 Å². The van der Waals surface area contributed by atoms with Gasteiger partial charge in [0.1, 0.15) is 0 Å². The summed E-state index contributed by atoms with van der Waals surface area (Å²) in [6.07, 6.45) is 0.470. The molecule has 0 aromatic heterocycles. The quantitative estimate of drug-likeness (QED) is 0.762. The highest BCUT2D eigenvalue weighted by atomic mass is 32.2. The number of rotatable bonds is 6.